The molecule has 11 heavy (non-hydrogen) atoms. The smallest absolute Gasteiger partial charge is 0.121 e. The van der Waals surface area contributed by atoms with Crippen molar-refractivity contribution in [3.63, 3.8) is 0 Å². The van der Waals surface area contributed by atoms with Gasteiger partial charge in [0.1, 0.15) is 5.76 Å². The van der Waals surface area contributed by atoms with E-state index in [4.69, 9.17) is 4.74 Å². The van der Waals surface area contributed by atoms with Crippen LogP contribution < -0.4 is 0 Å². The standard InChI is InChI=1S/C9H14O2/c1-5-6-9(10)7(2)8(3)11-4/h5-6,10H,1H2,2-4H3/b8-7+,9-6+. The average molecular weight is 154 g/mol. The molecule has 0 rings (SSSR count). The van der Waals surface area contributed by atoms with E-state index in [0.717, 1.165) is 5.57 Å². The molecule has 0 bridgehead atoms. The van der Waals surface area contributed by atoms with Gasteiger partial charge in [-0.15, -0.1) is 0 Å². The Morgan fingerprint density at radius 3 is 2.36 bits per heavy atom. The van der Waals surface area contributed by atoms with E-state index in [9.17, 15) is 5.11 Å². The summed E-state index contributed by atoms with van der Waals surface area (Å²) >= 11 is 0. The van der Waals surface area contributed by atoms with Gasteiger partial charge in [-0.2, -0.15) is 0 Å². The molecule has 0 spiro atoms. The van der Waals surface area contributed by atoms with Gasteiger partial charge in [0.25, 0.3) is 0 Å². The van der Waals surface area contributed by atoms with Crippen LogP contribution in [0.3, 0.4) is 0 Å². The van der Waals surface area contributed by atoms with Gasteiger partial charge in [0, 0.05) is 5.57 Å². The fourth-order valence-corrected chi connectivity index (χ4v) is 0.570. The molecular formula is C9H14O2. The first-order valence-electron chi connectivity index (χ1n) is 3.37. The monoisotopic (exact) mass is 154 g/mol. The van der Waals surface area contributed by atoms with E-state index in [1.54, 1.807) is 21.0 Å². The van der Waals surface area contributed by atoms with E-state index in [-0.39, 0.29) is 5.76 Å². The Hall–Kier alpha value is -1.18. The van der Waals surface area contributed by atoms with E-state index < -0.39 is 0 Å². The van der Waals surface area contributed by atoms with Crippen LogP contribution in [0.2, 0.25) is 0 Å². The molecule has 0 aromatic heterocycles. The van der Waals surface area contributed by atoms with Crippen molar-refractivity contribution in [1.29, 1.82) is 0 Å². The van der Waals surface area contributed by atoms with Crippen LogP contribution in [0.5, 0.6) is 0 Å². The first kappa shape index (κ1) is 9.82. The summed E-state index contributed by atoms with van der Waals surface area (Å²) in [6.07, 6.45) is 3.06. The first-order valence-corrected chi connectivity index (χ1v) is 3.37. The maximum Gasteiger partial charge on any atom is 0.121 e. The molecule has 2 heteroatoms. The molecule has 0 fully saturated rings. The quantitative estimate of drug-likeness (QED) is 0.500. The van der Waals surface area contributed by atoms with Gasteiger partial charge in [0.2, 0.25) is 0 Å². The lowest BCUT2D eigenvalue weighted by Crippen LogP contribution is -1.90. The summed E-state index contributed by atoms with van der Waals surface area (Å²) in [5, 5.41) is 9.27. The molecule has 0 radical (unpaired) electrons. The zero-order chi connectivity index (χ0) is 8.85. The zero-order valence-electron chi connectivity index (χ0n) is 7.22. The molecule has 0 heterocycles. The van der Waals surface area contributed by atoms with Crippen LogP contribution in [0.15, 0.2) is 35.8 Å². The minimum absolute atomic E-state index is 0.194. The third-order valence-electron chi connectivity index (χ3n) is 1.49. The van der Waals surface area contributed by atoms with Crippen molar-refractivity contribution in [3.05, 3.63) is 35.8 Å². The fraction of sp³-hybridized carbons (Fsp3) is 0.333. The number of hydrogen-bond acceptors (Lipinski definition) is 2. The number of methoxy groups -OCH3 is 1. The summed E-state index contributed by atoms with van der Waals surface area (Å²) in [6, 6.07) is 0. The highest BCUT2D eigenvalue weighted by molar-refractivity contribution is 5.27. The molecule has 0 aliphatic heterocycles. The van der Waals surface area contributed by atoms with Crippen LogP contribution in [-0.2, 0) is 4.74 Å². The van der Waals surface area contributed by atoms with Gasteiger partial charge in [-0.1, -0.05) is 12.7 Å². The highest BCUT2D eigenvalue weighted by Crippen LogP contribution is 2.11. The predicted molar refractivity (Wildman–Crippen MR) is 46.3 cm³/mol. The van der Waals surface area contributed by atoms with E-state index in [1.165, 1.54) is 12.2 Å². The number of aliphatic hydroxyl groups is 1. The molecule has 0 saturated carbocycles. The van der Waals surface area contributed by atoms with Crippen LogP contribution in [-0.4, -0.2) is 12.2 Å². The molecule has 62 valence electrons. The van der Waals surface area contributed by atoms with Crippen molar-refractivity contribution in [3.8, 4) is 0 Å². The van der Waals surface area contributed by atoms with Crippen LogP contribution in [0.1, 0.15) is 13.8 Å². The summed E-state index contributed by atoms with van der Waals surface area (Å²) in [7, 11) is 1.57. The fourth-order valence-electron chi connectivity index (χ4n) is 0.570. The van der Waals surface area contributed by atoms with Gasteiger partial charge in [0.05, 0.1) is 12.9 Å². The minimum Gasteiger partial charge on any atom is -0.508 e. The first-order chi connectivity index (χ1) is 5.13. The third-order valence-corrected chi connectivity index (χ3v) is 1.49. The number of allylic oxidation sites excluding steroid dienone is 4. The summed E-state index contributed by atoms with van der Waals surface area (Å²) in [6.45, 7) is 7.05. The normalized spacial score (nSPS) is 13.9. The molecule has 0 aliphatic rings. The maximum absolute atomic E-state index is 9.27. The number of rotatable bonds is 3. The molecule has 0 aromatic carbocycles. The lowest BCUT2D eigenvalue weighted by molar-refractivity contribution is 0.284. The van der Waals surface area contributed by atoms with Gasteiger partial charge in [-0.3, -0.25) is 0 Å². The van der Waals surface area contributed by atoms with Crippen molar-refractivity contribution < 1.29 is 9.84 Å². The third kappa shape index (κ3) is 2.94. The van der Waals surface area contributed by atoms with Gasteiger partial charge >= 0.3 is 0 Å². The minimum atomic E-state index is 0.194. The van der Waals surface area contributed by atoms with Crippen molar-refractivity contribution in [2.75, 3.05) is 7.11 Å². The van der Waals surface area contributed by atoms with Crippen LogP contribution in [0.4, 0.5) is 0 Å². The topological polar surface area (TPSA) is 29.5 Å². The van der Waals surface area contributed by atoms with Crippen molar-refractivity contribution in [1.82, 2.24) is 0 Å². The molecule has 0 unspecified atom stereocenters. The highest BCUT2D eigenvalue weighted by Gasteiger charge is 1.99. The van der Waals surface area contributed by atoms with Crippen molar-refractivity contribution in [2.24, 2.45) is 0 Å². The predicted octanol–water partition coefficient (Wildman–Crippen LogP) is 2.55. The Balaban J connectivity index is 4.58. The second kappa shape index (κ2) is 4.61. The Morgan fingerprint density at radius 1 is 1.45 bits per heavy atom. The molecule has 0 atom stereocenters. The highest BCUT2D eigenvalue weighted by atomic mass is 16.5. The molecule has 0 amide bonds. The second-order valence-electron chi connectivity index (χ2n) is 2.17. The summed E-state index contributed by atoms with van der Waals surface area (Å²) in [5.41, 5.74) is 0.729. The average Bonchev–Trinajstić information content (AvgIpc) is 2.02. The van der Waals surface area contributed by atoms with Crippen LogP contribution in [0, 0.1) is 0 Å². The van der Waals surface area contributed by atoms with E-state index >= 15 is 0 Å². The van der Waals surface area contributed by atoms with E-state index in [1.807, 2.05) is 0 Å². The summed E-state index contributed by atoms with van der Waals surface area (Å²) < 4.78 is 4.92. The van der Waals surface area contributed by atoms with Crippen molar-refractivity contribution >= 4 is 0 Å². The van der Waals surface area contributed by atoms with Gasteiger partial charge < -0.3 is 9.84 Å². The van der Waals surface area contributed by atoms with Gasteiger partial charge in [-0.25, -0.2) is 0 Å². The summed E-state index contributed by atoms with van der Waals surface area (Å²) in [5.74, 6) is 0.903. The molecular weight excluding hydrogens is 140 g/mol. The number of ether oxygens (including phenoxy) is 1. The maximum atomic E-state index is 9.27. The molecule has 2 nitrogen and oxygen atoms in total. The molecule has 0 saturated heterocycles. The van der Waals surface area contributed by atoms with Crippen LogP contribution in [0.25, 0.3) is 0 Å². The zero-order valence-corrected chi connectivity index (χ0v) is 7.22. The van der Waals surface area contributed by atoms with Crippen molar-refractivity contribution in [2.45, 2.75) is 13.8 Å². The SMILES string of the molecule is C=C/C=C(O)\C(C)=C(/C)OC. The molecule has 1 N–H and O–H groups in total. The Labute approximate surface area is 67.5 Å². The van der Waals surface area contributed by atoms with E-state index in [2.05, 4.69) is 6.58 Å². The lowest BCUT2D eigenvalue weighted by atomic mass is 10.2. The second-order valence-corrected chi connectivity index (χ2v) is 2.17. The Bertz CT molecular complexity index is 200. The van der Waals surface area contributed by atoms with E-state index in [0.29, 0.717) is 5.76 Å². The van der Waals surface area contributed by atoms with Crippen LogP contribution >= 0.6 is 0 Å². The van der Waals surface area contributed by atoms with Gasteiger partial charge in [-0.05, 0) is 19.9 Å². The lowest BCUT2D eigenvalue weighted by Gasteiger charge is -2.04. The largest absolute Gasteiger partial charge is 0.508 e. The van der Waals surface area contributed by atoms with Gasteiger partial charge in [0.15, 0.2) is 0 Å². The number of hydrogen-bond donors (Lipinski definition) is 1. The molecule has 0 aromatic rings. The Morgan fingerprint density at radius 2 is 2.00 bits per heavy atom. The molecule has 0 aliphatic carbocycles. The number of aliphatic hydroxyl groups excluding tert-OH is 1. The summed E-state index contributed by atoms with van der Waals surface area (Å²) in [4.78, 5) is 0. The Kier molecular flexibility index (Phi) is 4.11.